The van der Waals surface area contributed by atoms with Crippen LogP contribution in [-0.4, -0.2) is 41.9 Å². The SMILES string of the molecule is CCOC(=O)C1=C(C)N=c2s/c(=C/c3cc(Cl)c(OCC(=O)O)c(Cl)c3)c(=O)n2[C@@H]1c1cccc(OC)c1. The molecular formula is C26H22Cl2N2O7S. The molecule has 38 heavy (non-hydrogen) atoms. The fraction of sp³-hybridized carbons (Fsp3) is 0.231. The zero-order valence-corrected chi connectivity index (χ0v) is 22.8. The number of aliphatic carboxylic acids is 1. The Morgan fingerprint density at radius 1 is 1.21 bits per heavy atom. The number of halogens is 2. The third-order valence-corrected chi connectivity index (χ3v) is 7.13. The van der Waals surface area contributed by atoms with Crippen molar-refractivity contribution in [3.05, 3.63) is 88.5 Å². The molecule has 1 aromatic heterocycles. The number of hydrogen-bond donors (Lipinski definition) is 1. The van der Waals surface area contributed by atoms with Gasteiger partial charge in [0.25, 0.3) is 5.56 Å². The number of carbonyl (C=O) groups is 2. The summed E-state index contributed by atoms with van der Waals surface area (Å²) in [5.74, 6) is -1.14. The predicted octanol–water partition coefficient (Wildman–Crippen LogP) is 3.58. The molecule has 9 nitrogen and oxygen atoms in total. The van der Waals surface area contributed by atoms with E-state index in [1.807, 2.05) is 0 Å². The second kappa shape index (κ2) is 11.4. The average molecular weight is 577 g/mol. The first-order chi connectivity index (χ1) is 18.1. The zero-order chi connectivity index (χ0) is 27.6. The van der Waals surface area contributed by atoms with Gasteiger partial charge in [-0.05, 0) is 55.3 Å². The Labute approximate surface area is 230 Å². The van der Waals surface area contributed by atoms with Gasteiger partial charge < -0.3 is 19.3 Å². The van der Waals surface area contributed by atoms with Crippen molar-refractivity contribution in [2.24, 2.45) is 4.99 Å². The number of esters is 1. The number of aromatic nitrogens is 1. The van der Waals surface area contributed by atoms with Gasteiger partial charge >= 0.3 is 11.9 Å². The lowest BCUT2D eigenvalue weighted by Gasteiger charge is -2.25. The van der Waals surface area contributed by atoms with Crippen LogP contribution in [0, 0.1) is 0 Å². The van der Waals surface area contributed by atoms with Crippen molar-refractivity contribution in [2.45, 2.75) is 19.9 Å². The number of allylic oxidation sites excluding steroid dienone is 1. The summed E-state index contributed by atoms with van der Waals surface area (Å²) in [6.45, 7) is 2.96. The van der Waals surface area contributed by atoms with E-state index in [4.69, 9.17) is 42.5 Å². The van der Waals surface area contributed by atoms with Crippen LogP contribution >= 0.6 is 34.5 Å². The van der Waals surface area contributed by atoms with Gasteiger partial charge in [-0.1, -0.05) is 46.7 Å². The van der Waals surface area contributed by atoms with Crippen molar-refractivity contribution in [3.63, 3.8) is 0 Å². The molecule has 0 bridgehead atoms. The van der Waals surface area contributed by atoms with Gasteiger partial charge in [0.05, 0.1) is 45.6 Å². The third-order valence-electron chi connectivity index (χ3n) is 5.58. The van der Waals surface area contributed by atoms with E-state index in [0.29, 0.717) is 31.9 Å². The number of thiazole rings is 1. The molecule has 198 valence electrons. The molecule has 3 aromatic rings. The Kier molecular flexibility index (Phi) is 8.25. The number of carboxylic acid groups (broad SMARTS) is 1. The highest BCUT2D eigenvalue weighted by Crippen LogP contribution is 2.35. The van der Waals surface area contributed by atoms with E-state index in [-0.39, 0.29) is 33.5 Å². The van der Waals surface area contributed by atoms with E-state index in [0.717, 1.165) is 11.3 Å². The van der Waals surface area contributed by atoms with Crippen molar-refractivity contribution in [2.75, 3.05) is 20.3 Å². The van der Waals surface area contributed by atoms with Gasteiger partial charge in [0, 0.05) is 0 Å². The summed E-state index contributed by atoms with van der Waals surface area (Å²) >= 11 is 13.7. The molecule has 12 heteroatoms. The summed E-state index contributed by atoms with van der Waals surface area (Å²) in [4.78, 5) is 42.5. The summed E-state index contributed by atoms with van der Waals surface area (Å²) < 4.78 is 17.6. The first-order valence-corrected chi connectivity index (χ1v) is 12.9. The maximum Gasteiger partial charge on any atom is 0.341 e. The number of carboxylic acids is 1. The number of fused-ring (bicyclic) bond motifs is 1. The van der Waals surface area contributed by atoms with Gasteiger partial charge in [-0.15, -0.1) is 0 Å². The molecule has 0 aliphatic carbocycles. The van der Waals surface area contributed by atoms with Gasteiger partial charge in [-0.3, -0.25) is 9.36 Å². The molecule has 1 N–H and O–H groups in total. The average Bonchev–Trinajstić information content (AvgIpc) is 3.16. The van der Waals surface area contributed by atoms with Crippen LogP contribution in [0.5, 0.6) is 11.5 Å². The molecule has 1 atom stereocenters. The van der Waals surface area contributed by atoms with Crippen LogP contribution in [0.15, 0.2) is 57.5 Å². The van der Waals surface area contributed by atoms with E-state index in [9.17, 15) is 14.4 Å². The summed E-state index contributed by atoms with van der Waals surface area (Å²) in [7, 11) is 1.53. The normalized spacial score (nSPS) is 15.1. The molecule has 0 radical (unpaired) electrons. The minimum absolute atomic E-state index is 0.0297. The lowest BCUT2D eigenvalue weighted by molar-refractivity contribution is -0.140. The number of benzene rings is 2. The largest absolute Gasteiger partial charge is 0.497 e. The van der Waals surface area contributed by atoms with Crippen LogP contribution < -0.4 is 24.4 Å². The van der Waals surface area contributed by atoms with Gasteiger partial charge in [-0.25, -0.2) is 14.6 Å². The fourth-order valence-corrected chi connectivity index (χ4v) is 5.66. The molecule has 2 heterocycles. The second-order valence-electron chi connectivity index (χ2n) is 8.07. The van der Waals surface area contributed by atoms with E-state index >= 15 is 0 Å². The molecule has 2 aromatic carbocycles. The summed E-state index contributed by atoms with van der Waals surface area (Å²) in [5.41, 5.74) is 1.46. The van der Waals surface area contributed by atoms with Crippen molar-refractivity contribution in [3.8, 4) is 11.5 Å². The molecule has 0 saturated carbocycles. The molecular weight excluding hydrogens is 555 g/mol. The van der Waals surface area contributed by atoms with Crippen molar-refractivity contribution < 1.29 is 28.9 Å². The minimum atomic E-state index is -1.18. The Hall–Kier alpha value is -3.60. The predicted molar refractivity (Wildman–Crippen MR) is 143 cm³/mol. The van der Waals surface area contributed by atoms with Crippen LogP contribution in [0.3, 0.4) is 0 Å². The summed E-state index contributed by atoms with van der Waals surface area (Å²) in [5, 5.41) is 9.03. The number of carbonyl (C=O) groups excluding carboxylic acids is 1. The fourth-order valence-electron chi connectivity index (χ4n) is 4.00. The van der Waals surface area contributed by atoms with Gasteiger partial charge in [0.2, 0.25) is 0 Å². The highest BCUT2D eigenvalue weighted by atomic mass is 35.5. The Morgan fingerprint density at radius 3 is 2.55 bits per heavy atom. The number of ether oxygens (including phenoxy) is 3. The molecule has 0 saturated heterocycles. The summed E-state index contributed by atoms with van der Waals surface area (Å²) in [6, 6.07) is 9.34. The topological polar surface area (TPSA) is 116 Å². The van der Waals surface area contributed by atoms with Crippen molar-refractivity contribution >= 4 is 52.6 Å². The molecule has 0 fully saturated rings. The smallest absolute Gasteiger partial charge is 0.341 e. The Morgan fingerprint density at radius 2 is 1.92 bits per heavy atom. The second-order valence-corrected chi connectivity index (χ2v) is 9.90. The van der Waals surface area contributed by atoms with Gasteiger partial charge in [-0.2, -0.15) is 0 Å². The molecule has 0 unspecified atom stereocenters. The monoisotopic (exact) mass is 576 g/mol. The standard InChI is InChI=1S/C26H22Cl2N2O7S/c1-4-36-25(34)21-13(2)29-26-30(22(21)15-6-5-7-16(11-15)35-3)24(33)19(38-26)10-14-8-17(27)23(18(28)9-14)37-12-20(31)32/h5-11,22H,4,12H2,1-3H3,(H,31,32)/b19-10+/t22-/m1/s1. The first kappa shape index (κ1) is 27.4. The Bertz CT molecular complexity index is 1620. The van der Waals surface area contributed by atoms with E-state index in [1.165, 1.54) is 23.8 Å². The minimum Gasteiger partial charge on any atom is -0.497 e. The molecule has 4 rings (SSSR count). The molecule has 0 spiro atoms. The van der Waals surface area contributed by atoms with Crippen molar-refractivity contribution in [1.29, 1.82) is 0 Å². The lowest BCUT2D eigenvalue weighted by Crippen LogP contribution is -2.39. The Balaban J connectivity index is 1.88. The van der Waals surface area contributed by atoms with E-state index < -0.39 is 24.6 Å². The van der Waals surface area contributed by atoms with Crippen LogP contribution in [0.1, 0.15) is 31.0 Å². The maximum atomic E-state index is 13.7. The summed E-state index contributed by atoms with van der Waals surface area (Å²) in [6.07, 6.45) is 1.59. The molecule has 0 amide bonds. The molecule has 1 aliphatic heterocycles. The number of hydrogen-bond acceptors (Lipinski definition) is 8. The van der Waals surface area contributed by atoms with Crippen LogP contribution in [0.2, 0.25) is 10.0 Å². The van der Waals surface area contributed by atoms with Crippen LogP contribution in [0.4, 0.5) is 0 Å². The third kappa shape index (κ3) is 5.47. The first-order valence-electron chi connectivity index (χ1n) is 11.3. The highest BCUT2D eigenvalue weighted by Gasteiger charge is 2.33. The number of rotatable bonds is 8. The van der Waals surface area contributed by atoms with Gasteiger partial charge in [0.15, 0.2) is 17.2 Å². The van der Waals surface area contributed by atoms with Crippen molar-refractivity contribution in [1.82, 2.24) is 4.57 Å². The molecule has 1 aliphatic rings. The zero-order valence-electron chi connectivity index (χ0n) is 20.5. The maximum absolute atomic E-state index is 13.7. The lowest BCUT2D eigenvalue weighted by atomic mass is 9.95. The van der Waals surface area contributed by atoms with Crippen LogP contribution in [-0.2, 0) is 14.3 Å². The number of methoxy groups -OCH3 is 1. The quantitative estimate of drug-likeness (QED) is 0.407. The van der Waals surface area contributed by atoms with Gasteiger partial charge in [0.1, 0.15) is 5.75 Å². The van der Waals surface area contributed by atoms with Crippen LogP contribution in [0.25, 0.3) is 6.08 Å². The number of nitrogens with zero attached hydrogens (tertiary/aromatic N) is 2. The van der Waals surface area contributed by atoms with E-state index in [1.54, 1.807) is 44.2 Å². The highest BCUT2D eigenvalue weighted by molar-refractivity contribution is 7.07. The van der Waals surface area contributed by atoms with E-state index in [2.05, 4.69) is 4.99 Å².